The van der Waals surface area contributed by atoms with Crippen LogP contribution in [0.15, 0.2) is 23.1 Å². The zero-order valence-corrected chi connectivity index (χ0v) is 15.2. The first-order chi connectivity index (χ1) is 12.5. The Morgan fingerprint density at radius 3 is 2.92 bits per heavy atom. The minimum absolute atomic E-state index is 0.0311. The molecule has 136 valence electrons. The van der Waals surface area contributed by atoms with Crippen molar-refractivity contribution in [3.8, 4) is 0 Å². The van der Waals surface area contributed by atoms with Gasteiger partial charge in [-0.2, -0.15) is 5.10 Å². The van der Waals surface area contributed by atoms with Crippen LogP contribution in [0.4, 0.5) is 0 Å². The Kier molecular flexibility index (Phi) is 3.90. The van der Waals surface area contributed by atoms with Gasteiger partial charge in [0, 0.05) is 49.6 Å². The third kappa shape index (κ3) is 2.53. The van der Waals surface area contributed by atoms with Crippen LogP contribution in [0.25, 0.3) is 5.65 Å². The topological polar surface area (TPSA) is 88.3 Å². The molecule has 1 N–H and O–H groups in total. The van der Waals surface area contributed by atoms with E-state index in [0.29, 0.717) is 24.4 Å². The largest absolute Gasteiger partial charge is 0.337 e. The summed E-state index contributed by atoms with van der Waals surface area (Å²) in [5.41, 5.74) is 3.94. The number of fused-ring (bicyclic) bond motifs is 1. The summed E-state index contributed by atoms with van der Waals surface area (Å²) in [4.78, 5) is 31.7. The van der Waals surface area contributed by atoms with Crippen molar-refractivity contribution in [1.82, 2.24) is 29.3 Å². The molecule has 0 radical (unpaired) electrons. The van der Waals surface area contributed by atoms with Crippen molar-refractivity contribution in [2.24, 2.45) is 7.05 Å². The highest BCUT2D eigenvalue weighted by Gasteiger charge is 2.30. The molecule has 1 fully saturated rings. The average Bonchev–Trinajstić information content (AvgIpc) is 3.34. The number of aromatic nitrogens is 5. The summed E-state index contributed by atoms with van der Waals surface area (Å²) in [6, 6.07) is 3.31. The molecule has 1 aliphatic heterocycles. The van der Waals surface area contributed by atoms with E-state index in [4.69, 9.17) is 4.98 Å². The van der Waals surface area contributed by atoms with E-state index in [9.17, 15) is 9.59 Å². The van der Waals surface area contributed by atoms with Gasteiger partial charge in [-0.3, -0.25) is 19.4 Å². The lowest BCUT2D eigenvalue weighted by atomic mass is 10.0. The van der Waals surface area contributed by atoms with Crippen molar-refractivity contribution in [2.45, 2.75) is 32.6 Å². The van der Waals surface area contributed by atoms with Crippen LogP contribution in [0.1, 0.15) is 46.7 Å². The normalized spacial score (nSPS) is 17.3. The number of hydrogen-bond acceptors (Lipinski definition) is 4. The van der Waals surface area contributed by atoms with Crippen molar-refractivity contribution in [1.29, 1.82) is 0 Å². The van der Waals surface area contributed by atoms with Crippen molar-refractivity contribution < 1.29 is 4.79 Å². The number of nitrogens with zero attached hydrogens (tertiary/aromatic N) is 5. The predicted molar refractivity (Wildman–Crippen MR) is 96.4 cm³/mol. The van der Waals surface area contributed by atoms with Gasteiger partial charge in [-0.1, -0.05) is 6.92 Å². The van der Waals surface area contributed by atoms with Crippen LogP contribution in [0.2, 0.25) is 0 Å². The maximum absolute atomic E-state index is 12.7. The molecule has 1 atom stereocenters. The molecule has 3 aromatic heterocycles. The highest BCUT2D eigenvalue weighted by atomic mass is 16.2. The second kappa shape index (κ2) is 6.12. The van der Waals surface area contributed by atoms with Crippen molar-refractivity contribution in [3.05, 3.63) is 51.3 Å². The number of hydrogen-bond donors (Lipinski definition) is 1. The quantitative estimate of drug-likeness (QED) is 0.767. The van der Waals surface area contributed by atoms with E-state index in [1.54, 1.807) is 30.1 Å². The molecule has 8 nitrogen and oxygen atoms in total. The van der Waals surface area contributed by atoms with Gasteiger partial charge in [0.05, 0.1) is 5.69 Å². The molecule has 1 unspecified atom stereocenters. The highest BCUT2D eigenvalue weighted by Crippen LogP contribution is 2.27. The van der Waals surface area contributed by atoms with E-state index in [1.165, 1.54) is 4.52 Å². The lowest BCUT2D eigenvalue weighted by Gasteiger charge is -2.16. The molecule has 8 heteroatoms. The zero-order valence-electron chi connectivity index (χ0n) is 15.2. The van der Waals surface area contributed by atoms with Gasteiger partial charge < -0.3 is 4.90 Å². The highest BCUT2D eigenvalue weighted by molar-refractivity contribution is 5.92. The van der Waals surface area contributed by atoms with E-state index in [-0.39, 0.29) is 17.4 Å². The summed E-state index contributed by atoms with van der Waals surface area (Å²) in [7, 11) is 1.76. The number of aromatic amines is 1. The molecule has 0 saturated carbocycles. The number of amides is 1. The van der Waals surface area contributed by atoms with Gasteiger partial charge >= 0.3 is 0 Å². The van der Waals surface area contributed by atoms with Crippen LogP contribution in [-0.2, 0) is 13.5 Å². The van der Waals surface area contributed by atoms with E-state index in [0.717, 1.165) is 29.8 Å². The number of rotatable bonds is 3. The molecule has 1 saturated heterocycles. The van der Waals surface area contributed by atoms with Crippen LogP contribution in [0, 0.1) is 6.92 Å². The summed E-state index contributed by atoms with van der Waals surface area (Å²) in [5.74, 6) is 0.0423. The second-order valence-corrected chi connectivity index (χ2v) is 6.82. The molecule has 0 aromatic carbocycles. The summed E-state index contributed by atoms with van der Waals surface area (Å²) in [5, 5.41) is 7.18. The van der Waals surface area contributed by atoms with Gasteiger partial charge in [0.1, 0.15) is 5.69 Å². The molecular formula is C18H22N6O2. The number of nitrogens with one attached hydrogen (secondary N) is 1. The van der Waals surface area contributed by atoms with Gasteiger partial charge in [0.25, 0.3) is 11.5 Å². The van der Waals surface area contributed by atoms with E-state index in [2.05, 4.69) is 10.2 Å². The Labute approximate surface area is 150 Å². The first kappa shape index (κ1) is 16.6. The van der Waals surface area contributed by atoms with Crippen LogP contribution in [0.5, 0.6) is 0 Å². The fraction of sp³-hybridized carbons (Fsp3) is 0.444. The van der Waals surface area contributed by atoms with E-state index in [1.807, 2.05) is 18.7 Å². The predicted octanol–water partition coefficient (Wildman–Crippen LogP) is 1.26. The Balaban J connectivity index is 1.63. The number of aryl methyl sites for hydroxylation is 3. The summed E-state index contributed by atoms with van der Waals surface area (Å²) in [6.07, 6.45) is 3.24. The third-order valence-electron chi connectivity index (χ3n) is 5.26. The fourth-order valence-corrected chi connectivity index (χ4v) is 3.70. The molecule has 1 aliphatic rings. The minimum atomic E-state index is -0.107. The average molecular weight is 354 g/mol. The SMILES string of the molecule is CCc1[nH]n2c(=O)cc(C3CCN(C(=O)c4ccnn4C)C3)nc2c1C. The molecule has 26 heavy (non-hydrogen) atoms. The minimum Gasteiger partial charge on any atom is -0.337 e. The summed E-state index contributed by atoms with van der Waals surface area (Å²) < 4.78 is 3.09. The molecule has 0 aliphatic carbocycles. The van der Waals surface area contributed by atoms with Gasteiger partial charge in [-0.05, 0) is 25.8 Å². The second-order valence-electron chi connectivity index (χ2n) is 6.82. The third-order valence-corrected chi connectivity index (χ3v) is 5.26. The first-order valence-electron chi connectivity index (χ1n) is 8.88. The van der Waals surface area contributed by atoms with Crippen LogP contribution in [-0.4, -0.2) is 48.3 Å². The molecular weight excluding hydrogens is 332 g/mol. The van der Waals surface area contributed by atoms with E-state index >= 15 is 0 Å². The lowest BCUT2D eigenvalue weighted by molar-refractivity contribution is 0.0780. The maximum atomic E-state index is 12.7. The standard InChI is InChI=1S/C18H22N6O2/c1-4-13-11(2)17-20-14(9-16(25)24(17)21-13)12-6-8-23(10-12)18(26)15-5-7-19-22(15)3/h5,7,9,12,21H,4,6,8,10H2,1-3H3. The van der Waals surface area contributed by atoms with Crippen molar-refractivity contribution >= 4 is 11.6 Å². The smallest absolute Gasteiger partial charge is 0.272 e. The van der Waals surface area contributed by atoms with Gasteiger partial charge in [0.2, 0.25) is 0 Å². The molecule has 4 heterocycles. The zero-order chi connectivity index (χ0) is 18.4. The Morgan fingerprint density at radius 1 is 1.42 bits per heavy atom. The Bertz CT molecular complexity index is 1040. The Hall–Kier alpha value is -2.90. The molecule has 1 amide bonds. The van der Waals surface area contributed by atoms with Crippen molar-refractivity contribution in [2.75, 3.05) is 13.1 Å². The first-order valence-corrected chi connectivity index (χ1v) is 8.88. The van der Waals surface area contributed by atoms with Crippen LogP contribution < -0.4 is 5.56 Å². The Morgan fingerprint density at radius 2 is 2.23 bits per heavy atom. The summed E-state index contributed by atoms with van der Waals surface area (Å²) in [6.45, 7) is 5.25. The molecule has 0 spiro atoms. The molecule has 0 bridgehead atoms. The van der Waals surface area contributed by atoms with E-state index < -0.39 is 0 Å². The fourth-order valence-electron chi connectivity index (χ4n) is 3.70. The molecule has 4 rings (SSSR count). The number of carbonyl (C=O) groups is 1. The van der Waals surface area contributed by atoms with Crippen LogP contribution >= 0.6 is 0 Å². The number of carbonyl (C=O) groups excluding carboxylic acids is 1. The summed E-state index contributed by atoms with van der Waals surface area (Å²) >= 11 is 0. The molecule has 3 aromatic rings. The maximum Gasteiger partial charge on any atom is 0.272 e. The van der Waals surface area contributed by atoms with Gasteiger partial charge in [-0.15, -0.1) is 0 Å². The van der Waals surface area contributed by atoms with Crippen molar-refractivity contribution in [3.63, 3.8) is 0 Å². The number of H-pyrrole nitrogens is 1. The monoisotopic (exact) mass is 354 g/mol. The van der Waals surface area contributed by atoms with Gasteiger partial charge in [0.15, 0.2) is 5.65 Å². The lowest BCUT2D eigenvalue weighted by Crippen LogP contribution is -2.30. The van der Waals surface area contributed by atoms with Gasteiger partial charge in [-0.25, -0.2) is 9.50 Å². The van der Waals surface area contributed by atoms with Crippen LogP contribution in [0.3, 0.4) is 0 Å². The number of likely N-dealkylation sites (tertiary alicyclic amines) is 1.